The van der Waals surface area contributed by atoms with E-state index in [1.165, 1.54) is 6.33 Å². The third kappa shape index (κ3) is 3.08. The lowest BCUT2D eigenvalue weighted by Crippen LogP contribution is -2.45. The van der Waals surface area contributed by atoms with Gasteiger partial charge in [-0.05, 0) is 20.8 Å². The van der Waals surface area contributed by atoms with Crippen molar-refractivity contribution in [1.82, 2.24) is 9.97 Å². The Balaban J connectivity index is 2.81. The number of amides is 1. The van der Waals surface area contributed by atoms with Crippen LogP contribution >= 0.6 is 0 Å². The predicted octanol–water partition coefficient (Wildman–Crippen LogP) is 0.551. The van der Waals surface area contributed by atoms with Crippen molar-refractivity contribution in [2.24, 2.45) is 5.73 Å². The van der Waals surface area contributed by atoms with Crippen molar-refractivity contribution < 1.29 is 9.53 Å². The Morgan fingerprint density at radius 2 is 2.25 bits per heavy atom. The number of rotatable bonds is 5. The molecule has 6 nitrogen and oxygen atoms in total. The summed E-state index contributed by atoms with van der Waals surface area (Å²) in [5.41, 5.74) is 4.38. The number of carbonyl (C=O) groups excluding carboxylic acids is 1. The first-order valence-electron chi connectivity index (χ1n) is 4.98. The summed E-state index contributed by atoms with van der Waals surface area (Å²) in [6, 6.07) is 1.62. The average molecular weight is 224 g/mol. The van der Waals surface area contributed by atoms with Crippen molar-refractivity contribution >= 4 is 11.7 Å². The Morgan fingerprint density at radius 3 is 2.81 bits per heavy atom. The van der Waals surface area contributed by atoms with Gasteiger partial charge in [0.15, 0.2) is 0 Å². The van der Waals surface area contributed by atoms with Gasteiger partial charge in [-0.3, -0.25) is 4.79 Å². The molecule has 0 saturated carbocycles. The Kier molecular flexibility index (Phi) is 3.65. The van der Waals surface area contributed by atoms with E-state index in [-0.39, 0.29) is 0 Å². The second kappa shape index (κ2) is 4.78. The molecule has 88 valence electrons. The van der Waals surface area contributed by atoms with Gasteiger partial charge in [-0.15, -0.1) is 0 Å². The van der Waals surface area contributed by atoms with Gasteiger partial charge in [0.1, 0.15) is 17.7 Å². The second-order valence-corrected chi connectivity index (χ2v) is 3.79. The number of carbonyl (C=O) groups is 1. The molecule has 16 heavy (non-hydrogen) atoms. The minimum absolute atomic E-state index is 0.455. The highest BCUT2D eigenvalue weighted by molar-refractivity contribution is 5.86. The molecule has 3 N–H and O–H groups in total. The van der Waals surface area contributed by atoms with Gasteiger partial charge in [-0.1, -0.05) is 0 Å². The Bertz CT molecular complexity index is 379. The number of anilines is 1. The van der Waals surface area contributed by atoms with E-state index in [2.05, 4.69) is 15.3 Å². The Labute approximate surface area is 94.2 Å². The monoisotopic (exact) mass is 224 g/mol. The van der Waals surface area contributed by atoms with Crippen LogP contribution in [0.1, 0.15) is 20.8 Å². The van der Waals surface area contributed by atoms with E-state index in [9.17, 15) is 4.79 Å². The van der Waals surface area contributed by atoms with E-state index in [4.69, 9.17) is 10.5 Å². The van der Waals surface area contributed by atoms with E-state index in [0.29, 0.717) is 18.3 Å². The van der Waals surface area contributed by atoms with Gasteiger partial charge in [0.05, 0.1) is 6.61 Å². The van der Waals surface area contributed by atoms with Crippen molar-refractivity contribution in [2.45, 2.75) is 26.3 Å². The fraction of sp³-hybridized carbons (Fsp3) is 0.500. The predicted molar refractivity (Wildman–Crippen MR) is 60.1 cm³/mol. The van der Waals surface area contributed by atoms with Crippen LogP contribution in [0.4, 0.5) is 5.82 Å². The average Bonchev–Trinajstić information content (AvgIpc) is 2.17. The van der Waals surface area contributed by atoms with E-state index in [1.807, 2.05) is 6.92 Å². The summed E-state index contributed by atoms with van der Waals surface area (Å²) in [5, 5.41) is 2.91. The molecular formula is C10H16N4O2. The van der Waals surface area contributed by atoms with E-state index >= 15 is 0 Å². The van der Waals surface area contributed by atoms with Crippen molar-refractivity contribution in [1.29, 1.82) is 0 Å². The molecule has 0 fully saturated rings. The maximum atomic E-state index is 11.1. The third-order valence-electron chi connectivity index (χ3n) is 1.99. The number of nitrogens with one attached hydrogen (secondary N) is 1. The fourth-order valence-corrected chi connectivity index (χ4v) is 1.02. The Morgan fingerprint density at radius 1 is 1.56 bits per heavy atom. The number of hydrogen-bond acceptors (Lipinski definition) is 5. The number of ether oxygens (including phenoxy) is 1. The zero-order valence-electron chi connectivity index (χ0n) is 9.65. The lowest BCUT2D eigenvalue weighted by atomic mass is 10.1. The quantitative estimate of drug-likeness (QED) is 0.762. The lowest BCUT2D eigenvalue weighted by molar-refractivity contribution is -0.121. The molecule has 1 amide bonds. The molecule has 1 heterocycles. The smallest absolute Gasteiger partial charge is 0.242 e. The first-order chi connectivity index (χ1) is 7.45. The fourth-order valence-electron chi connectivity index (χ4n) is 1.02. The van der Waals surface area contributed by atoms with Crippen LogP contribution < -0.4 is 15.8 Å². The largest absolute Gasteiger partial charge is 0.478 e. The first-order valence-corrected chi connectivity index (χ1v) is 4.98. The number of nitrogens with zero attached hydrogens (tertiary/aromatic N) is 2. The Hall–Kier alpha value is -1.85. The summed E-state index contributed by atoms with van der Waals surface area (Å²) < 4.78 is 5.21. The zero-order chi connectivity index (χ0) is 12.2. The lowest BCUT2D eigenvalue weighted by Gasteiger charge is -2.22. The molecule has 0 aliphatic carbocycles. The van der Waals surface area contributed by atoms with Gasteiger partial charge in [-0.2, -0.15) is 0 Å². The van der Waals surface area contributed by atoms with Gasteiger partial charge in [0, 0.05) is 6.07 Å². The van der Waals surface area contributed by atoms with Crippen LogP contribution in [0.5, 0.6) is 5.88 Å². The number of nitrogens with two attached hydrogens (primary N) is 1. The van der Waals surface area contributed by atoms with Crippen LogP contribution in [-0.4, -0.2) is 28.0 Å². The van der Waals surface area contributed by atoms with Crippen molar-refractivity contribution in [2.75, 3.05) is 11.9 Å². The zero-order valence-corrected chi connectivity index (χ0v) is 9.65. The maximum Gasteiger partial charge on any atom is 0.242 e. The highest BCUT2D eigenvalue weighted by atomic mass is 16.5. The third-order valence-corrected chi connectivity index (χ3v) is 1.99. The molecule has 1 aromatic rings. The SMILES string of the molecule is CCOc1cc(NC(C)(C)C(N)=O)ncn1. The standard InChI is InChI=1S/C10H16N4O2/c1-4-16-8-5-7(12-6-13-8)14-10(2,3)9(11)15/h5-6H,4H2,1-3H3,(H2,11,15)(H,12,13,14). The van der Waals surface area contributed by atoms with Crippen LogP contribution in [0.2, 0.25) is 0 Å². The first kappa shape index (κ1) is 12.2. The van der Waals surface area contributed by atoms with Crippen LogP contribution in [0.3, 0.4) is 0 Å². The molecule has 1 rings (SSSR count). The molecule has 0 aliphatic rings. The minimum Gasteiger partial charge on any atom is -0.478 e. The molecule has 0 aromatic carbocycles. The summed E-state index contributed by atoms with van der Waals surface area (Å²) >= 11 is 0. The van der Waals surface area contributed by atoms with Crippen LogP contribution in [0.25, 0.3) is 0 Å². The molecule has 6 heteroatoms. The summed E-state index contributed by atoms with van der Waals surface area (Å²) in [5.74, 6) is 0.506. The molecule has 0 saturated heterocycles. The molecule has 0 bridgehead atoms. The van der Waals surface area contributed by atoms with Gasteiger partial charge >= 0.3 is 0 Å². The van der Waals surface area contributed by atoms with Crippen molar-refractivity contribution in [3.8, 4) is 5.88 Å². The highest BCUT2D eigenvalue weighted by Gasteiger charge is 2.24. The summed E-state index contributed by atoms with van der Waals surface area (Å²) in [7, 11) is 0. The topological polar surface area (TPSA) is 90.1 Å². The van der Waals surface area contributed by atoms with Gasteiger partial charge in [-0.25, -0.2) is 9.97 Å². The van der Waals surface area contributed by atoms with Gasteiger partial charge in [0.25, 0.3) is 0 Å². The molecule has 0 radical (unpaired) electrons. The maximum absolute atomic E-state index is 11.1. The summed E-state index contributed by atoms with van der Waals surface area (Å²) in [6.07, 6.45) is 1.37. The summed E-state index contributed by atoms with van der Waals surface area (Å²) in [4.78, 5) is 19.0. The molecule has 0 spiro atoms. The molecular weight excluding hydrogens is 208 g/mol. The molecule has 1 aromatic heterocycles. The van der Waals surface area contributed by atoms with Gasteiger partial charge in [0.2, 0.25) is 11.8 Å². The van der Waals surface area contributed by atoms with Gasteiger partial charge < -0.3 is 15.8 Å². The number of aromatic nitrogens is 2. The molecule has 0 atom stereocenters. The van der Waals surface area contributed by atoms with E-state index in [0.717, 1.165) is 0 Å². The van der Waals surface area contributed by atoms with E-state index < -0.39 is 11.4 Å². The van der Waals surface area contributed by atoms with E-state index in [1.54, 1.807) is 19.9 Å². The highest BCUT2D eigenvalue weighted by Crippen LogP contribution is 2.15. The van der Waals surface area contributed by atoms with Crippen LogP contribution in [-0.2, 0) is 4.79 Å². The second-order valence-electron chi connectivity index (χ2n) is 3.79. The van der Waals surface area contributed by atoms with Crippen molar-refractivity contribution in [3.05, 3.63) is 12.4 Å². The molecule has 0 unspecified atom stereocenters. The minimum atomic E-state index is -0.863. The number of primary amides is 1. The number of hydrogen-bond donors (Lipinski definition) is 2. The normalized spacial score (nSPS) is 10.9. The summed E-state index contributed by atoms with van der Waals surface area (Å²) in [6.45, 7) is 5.74. The van der Waals surface area contributed by atoms with Crippen LogP contribution in [0.15, 0.2) is 12.4 Å². The van der Waals surface area contributed by atoms with Crippen molar-refractivity contribution in [3.63, 3.8) is 0 Å². The molecule has 0 aliphatic heterocycles. The van der Waals surface area contributed by atoms with Crippen LogP contribution in [0, 0.1) is 0 Å².